The Labute approximate surface area is 116 Å². The molecule has 0 aliphatic heterocycles. The first-order valence-electron chi connectivity index (χ1n) is 6.49. The number of tetrazole rings is 1. The number of aryl methyl sites for hydroxylation is 1. The molecule has 1 unspecified atom stereocenters. The van der Waals surface area contributed by atoms with Gasteiger partial charge in [-0.25, -0.2) is 4.68 Å². The highest BCUT2D eigenvalue weighted by Crippen LogP contribution is 2.21. The van der Waals surface area contributed by atoms with E-state index in [1.165, 1.54) is 0 Å². The molecular formula is C12H18N6O2. The molecule has 0 radical (unpaired) electrons. The summed E-state index contributed by atoms with van der Waals surface area (Å²) in [5.74, 6) is -0.171. The molecule has 1 N–H and O–H groups in total. The van der Waals surface area contributed by atoms with Crippen LogP contribution in [0, 0.1) is 12.8 Å². The third-order valence-corrected chi connectivity index (χ3v) is 3.48. The van der Waals surface area contributed by atoms with Crippen LogP contribution in [0.3, 0.4) is 0 Å². The minimum Gasteiger partial charge on any atom is -0.481 e. The number of nitrogens with zero attached hydrogens (tertiary/aromatic N) is 6. The quantitative estimate of drug-likeness (QED) is 0.842. The molecule has 0 aliphatic carbocycles. The molecule has 8 nitrogen and oxygen atoms in total. The summed E-state index contributed by atoms with van der Waals surface area (Å²) in [4.78, 5) is 10.8. The normalized spacial score (nSPS) is 12.6. The molecule has 0 bridgehead atoms. The number of rotatable bonds is 6. The summed E-state index contributed by atoms with van der Waals surface area (Å²) in [7, 11) is 1.85. The summed E-state index contributed by atoms with van der Waals surface area (Å²) >= 11 is 0. The van der Waals surface area contributed by atoms with Gasteiger partial charge in [-0.2, -0.15) is 5.10 Å². The smallest absolute Gasteiger partial charge is 0.303 e. The minimum atomic E-state index is -0.802. The summed E-state index contributed by atoms with van der Waals surface area (Å²) in [5.41, 5.74) is 1.83. The second-order valence-electron chi connectivity index (χ2n) is 4.82. The highest BCUT2D eigenvalue weighted by molar-refractivity contribution is 5.67. The van der Waals surface area contributed by atoms with Gasteiger partial charge < -0.3 is 5.11 Å². The fraction of sp³-hybridized carbons (Fsp3) is 0.583. The first kappa shape index (κ1) is 14.2. The van der Waals surface area contributed by atoms with Crippen LogP contribution in [0.15, 0.2) is 6.20 Å². The van der Waals surface area contributed by atoms with Crippen molar-refractivity contribution in [1.82, 2.24) is 30.0 Å². The number of hydrogen-bond donors (Lipinski definition) is 1. The number of carboxylic acids is 1. The van der Waals surface area contributed by atoms with Gasteiger partial charge in [0.15, 0.2) is 5.82 Å². The molecule has 0 fully saturated rings. The Morgan fingerprint density at radius 1 is 1.50 bits per heavy atom. The van der Waals surface area contributed by atoms with Gasteiger partial charge in [0, 0.05) is 25.7 Å². The summed E-state index contributed by atoms with van der Waals surface area (Å²) < 4.78 is 3.41. The molecule has 0 aromatic carbocycles. The molecule has 2 aromatic rings. The largest absolute Gasteiger partial charge is 0.481 e. The van der Waals surface area contributed by atoms with E-state index in [1.807, 2.05) is 20.9 Å². The van der Waals surface area contributed by atoms with Crippen molar-refractivity contribution in [2.24, 2.45) is 13.0 Å². The van der Waals surface area contributed by atoms with Gasteiger partial charge in [0.05, 0.1) is 11.8 Å². The molecule has 1 atom stereocenters. The van der Waals surface area contributed by atoms with E-state index in [1.54, 1.807) is 15.6 Å². The topological polar surface area (TPSA) is 98.7 Å². The number of carboxylic acid groups (broad SMARTS) is 1. The van der Waals surface area contributed by atoms with Gasteiger partial charge in [0.1, 0.15) is 0 Å². The van der Waals surface area contributed by atoms with Gasteiger partial charge in [0.25, 0.3) is 0 Å². The number of aromatic nitrogens is 6. The maximum atomic E-state index is 10.8. The van der Waals surface area contributed by atoms with Gasteiger partial charge in [-0.15, -0.1) is 5.10 Å². The Morgan fingerprint density at radius 2 is 2.25 bits per heavy atom. The third kappa shape index (κ3) is 2.84. The fourth-order valence-corrected chi connectivity index (χ4v) is 2.07. The van der Waals surface area contributed by atoms with Crippen molar-refractivity contribution >= 4 is 5.97 Å². The van der Waals surface area contributed by atoms with Crippen LogP contribution in [0.2, 0.25) is 0 Å². The Balaban J connectivity index is 2.24. The van der Waals surface area contributed by atoms with Crippen molar-refractivity contribution < 1.29 is 9.90 Å². The molecule has 2 heterocycles. The Hall–Kier alpha value is -2.25. The van der Waals surface area contributed by atoms with Crippen LogP contribution >= 0.6 is 0 Å². The summed E-state index contributed by atoms with van der Waals surface area (Å²) in [5, 5.41) is 24.8. The standard InChI is InChI=1S/C12H18N6O2/c1-4-9(5-11(19)20)7-18-12(14-15-16-18)10-6-13-17(3)8(10)2/h6,9H,4-5,7H2,1-3H3,(H,19,20). The Morgan fingerprint density at radius 3 is 2.80 bits per heavy atom. The minimum absolute atomic E-state index is 0.00623. The first-order valence-corrected chi connectivity index (χ1v) is 6.49. The third-order valence-electron chi connectivity index (χ3n) is 3.48. The van der Waals surface area contributed by atoms with Crippen molar-refractivity contribution in [3.63, 3.8) is 0 Å². The molecule has 0 amide bonds. The van der Waals surface area contributed by atoms with Crippen molar-refractivity contribution in [1.29, 1.82) is 0 Å². The predicted molar refractivity (Wildman–Crippen MR) is 70.8 cm³/mol. The lowest BCUT2D eigenvalue weighted by molar-refractivity contribution is -0.138. The number of carbonyl (C=O) groups is 1. The Kier molecular flexibility index (Phi) is 4.11. The van der Waals surface area contributed by atoms with E-state index in [4.69, 9.17) is 5.11 Å². The zero-order valence-electron chi connectivity index (χ0n) is 11.8. The lowest BCUT2D eigenvalue weighted by Crippen LogP contribution is -2.16. The van der Waals surface area contributed by atoms with Gasteiger partial charge in [0.2, 0.25) is 0 Å². The zero-order valence-corrected chi connectivity index (χ0v) is 11.8. The highest BCUT2D eigenvalue weighted by atomic mass is 16.4. The van der Waals surface area contributed by atoms with Crippen LogP contribution in [0.5, 0.6) is 0 Å². The van der Waals surface area contributed by atoms with E-state index >= 15 is 0 Å². The van der Waals surface area contributed by atoms with Gasteiger partial charge in [-0.3, -0.25) is 9.48 Å². The molecule has 0 aliphatic rings. The monoisotopic (exact) mass is 278 g/mol. The molecule has 0 saturated heterocycles. The molecule has 0 saturated carbocycles. The summed E-state index contributed by atoms with van der Waals surface area (Å²) in [6.45, 7) is 4.39. The lowest BCUT2D eigenvalue weighted by atomic mass is 10.0. The summed E-state index contributed by atoms with van der Waals surface area (Å²) in [6.07, 6.45) is 2.59. The molecule has 2 rings (SSSR count). The van der Waals surface area contributed by atoms with E-state index in [0.717, 1.165) is 17.7 Å². The van der Waals surface area contributed by atoms with Crippen LogP contribution < -0.4 is 0 Å². The number of aliphatic carboxylic acids is 1. The SMILES string of the molecule is CCC(CC(=O)O)Cn1nnnc1-c1cnn(C)c1C. The van der Waals surface area contributed by atoms with Crippen LogP contribution in [-0.2, 0) is 18.4 Å². The number of hydrogen-bond acceptors (Lipinski definition) is 5. The molecule has 2 aromatic heterocycles. The molecule has 20 heavy (non-hydrogen) atoms. The average molecular weight is 278 g/mol. The van der Waals surface area contributed by atoms with Crippen molar-refractivity contribution in [3.8, 4) is 11.4 Å². The molecular weight excluding hydrogens is 260 g/mol. The highest BCUT2D eigenvalue weighted by Gasteiger charge is 2.18. The van der Waals surface area contributed by atoms with E-state index < -0.39 is 5.97 Å². The molecule has 8 heteroatoms. The van der Waals surface area contributed by atoms with Gasteiger partial charge >= 0.3 is 5.97 Å². The van der Waals surface area contributed by atoms with E-state index in [9.17, 15) is 4.79 Å². The molecule has 108 valence electrons. The van der Waals surface area contributed by atoms with Crippen molar-refractivity contribution in [3.05, 3.63) is 11.9 Å². The van der Waals surface area contributed by atoms with Crippen LogP contribution in [0.4, 0.5) is 0 Å². The maximum absolute atomic E-state index is 10.8. The second-order valence-corrected chi connectivity index (χ2v) is 4.82. The maximum Gasteiger partial charge on any atom is 0.303 e. The Bertz CT molecular complexity index is 603. The van der Waals surface area contributed by atoms with Crippen LogP contribution in [-0.4, -0.2) is 41.1 Å². The fourth-order valence-electron chi connectivity index (χ4n) is 2.07. The van der Waals surface area contributed by atoms with E-state index in [-0.39, 0.29) is 12.3 Å². The van der Waals surface area contributed by atoms with Gasteiger partial charge in [-0.1, -0.05) is 13.3 Å². The van der Waals surface area contributed by atoms with Crippen molar-refractivity contribution in [2.75, 3.05) is 0 Å². The predicted octanol–water partition coefficient (Wildman–Crippen LogP) is 0.883. The van der Waals surface area contributed by atoms with E-state index in [2.05, 4.69) is 20.6 Å². The van der Waals surface area contributed by atoms with Gasteiger partial charge in [-0.05, 0) is 23.3 Å². The van der Waals surface area contributed by atoms with E-state index in [0.29, 0.717) is 12.4 Å². The first-order chi connectivity index (χ1) is 9.52. The molecule has 0 spiro atoms. The van der Waals surface area contributed by atoms with Crippen LogP contribution in [0.1, 0.15) is 25.5 Å². The second kappa shape index (κ2) is 5.81. The summed E-state index contributed by atoms with van der Waals surface area (Å²) in [6, 6.07) is 0. The zero-order chi connectivity index (χ0) is 14.7. The average Bonchev–Trinajstić information content (AvgIpc) is 2.97. The van der Waals surface area contributed by atoms with Crippen molar-refractivity contribution in [2.45, 2.75) is 33.2 Å². The lowest BCUT2D eigenvalue weighted by Gasteiger charge is -2.12. The van der Waals surface area contributed by atoms with Crippen LogP contribution in [0.25, 0.3) is 11.4 Å².